The number of hydrogen-bond donors (Lipinski definition) is 5. The number of rotatable bonds is 8. The van der Waals surface area contributed by atoms with Crippen LogP contribution in [-0.4, -0.2) is 74.1 Å². The first kappa shape index (κ1) is 29.5. The minimum atomic E-state index is -0.707. The van der Waals surface area contributed by atoms with Gasteiger partial charge in [0.05, 0.1) is 16.8 Å². The summed E-state index contributed by atoms with van der Waals surface area (Å²) in [6.07, 6.45) is 3.13. The van der Waals surface area contributed by atoms with Gasteiger partial charge in [-0.3, -0.25) is 10.2 Å². The fourth-order valence-corrected chi connectivity index (χ4v) is 5.50. The molecule has 2 fully saturated rings. The summed E-state index contributed by atoms with van der Waals surface area (Å²) in [7, 11) is 2.11. The minimum absolute atomic E-state index is 0.0624. The molecular weight excluding hydrogens is 562 g/mol. The van der Waals surface area contributed by atoms with E-state index < -0.39 is 17.5 Å². The molecule has 13 heteroatoms. The second-order valence-electron chi connectivity index (χ2n) is 10.3. The Morgan fingerprint density at radius 3 is 2.48 bits per heavy atom. The molecule has 2 aromatic carbocycles. The van der Waals surface area contributed by atoms with Gasteiger partial charge in [0.2, 0.25) is 0 Å². The van der Waals surface area contributed by atoms with Gasteiger partial charge < -0.3 is 35.6 Å². The summed E-state index contributed by atoms with van der Waals surface area (Å²) in [6, 6.07) is 10.6. The van der Waals surface area contributed by atoms with E-state index >= 15 is 0 Å². The summed E-state index contributed by atoms with van der Waals surface area (Å²) >= 11 is 1.04. The molecular formula is C29H34F2N8O2S. The number of aromatic nitrogens is 1. The lowest BCUT2D eigenvalue weighted by atomic mass is 10.1. The molecule has 0 aliphatic carbocycles. The van der Waals surface area contributed by atoms with Crippen LogP contribution in [0.25, 0.3) is 0 Å². The van der Waals surface area contributed by atoms with Gasteiger partial charge in [-0.2, -0.15) is 0 Å². The van der Waals surface area contributed by atoms with Crippen molar-refractivity contribution in [2.24, 2.45) is 0 Å². The number of carbonyl (C=O) groups excluding carboxylic acids is 1. The number of amidine groups is 1. The number of nitrogens with one attached hydrogen (secondary N) is 4. The summed E-state index contributed by atoms with van der Waals surface area (Å²) in [4.78, 5) is 22.8. The molecule has 0 spiro atoms. The van der Waals surface area contributed by atoms with E-state index in [0.29, 0.717) is 29.4 Å². The summed E-state index contributed by atoms with van der Waals surface area (Å²) < 4.78 is 35.4. The van der Waals surface area contributed by atoms with Crippen LogP contribution in [0.4, 0.5) is 31.7 Å². The highest BCUT2D eigenvalue weighted by molar-refractivity contribution is 8.00. The van der Waals surface area contributed by atoms with Crippen LogP contribution in [0.2, 0.25) is 0 Å². The normalized spacial score (nSPS) is 16.2. The lowest BCUT2D eigenvalue weighted by Gasteiger charge is -2.34. The van der Waals surface area contributed by atoms with Gasteiger partial charge in [-0.25, -0.2) is 13.8 Å². The van der Waals surface area contributed by atoms with Gasteiger partial charge in [0.1, 0.15) is 23.3 Å². The predicted octanol–water partition coefficient (Wildman–Crippen LogP) is 4.16. The summed E-state index contributed by atoms with van der Waals surface area (Å²) in [6.45, 7) is 5.03. The lowest BCUT2D eigenvalue weighted by Crippen LogP contribution is -2.44. The maximum atomic E-state index is 13.5. The van der Waals surface area contributed by atoms with E-state index in [1.54, 1.807) is 12.1 Å². The second kappa shape index (κ2) is 13.4. The SMILES string of the molecule is CN1CCN(c2ccc(C(=O)NC(=N)c3cc(SNc4cc(F)cc(F)c4)cnc3N)c(NC3CCOCC3)c2)CC1. The van der Waals surface area contributed by atoms with Crippen molar-refractivity contribution in [2.45, 2.75) is 23.8 Å². The smallest absolute Gasteiger partial charge is 0.258 e. The first-order valence-electron chi connectivity index (χ1n) is 13.7. The molecule has 10 nitrogen and oxygen atoms in total. The van der Waals surface area contributed by atoms with Gasteiger partial charge in [0.15, 0.2) is 0 Å². The quantitative estimate of drug-likeness (QED) is 0.148. The second-order valence-corrected chi connectivity index (χ2v) is 11.2. The molecule has 222 valence electrons. The molecule has 2 aliphatic rings. The third-order valence-corrected chi connectivity index (χ3v) is 8.04. The minimum Gasteiger partial charge on any atom is -0.383 e. The third-order valence-electron chi connectivity index (χ3n) is 7.25. The van der Waals surface area contributed by atoms with Crippen molar-refractivity contribution in [2.75, 3.05) is 67.1 Å². The Labute approximate surface area is 247 Å². The Hall–Kier alpha value is -3.94. The number of halogens is 2. The number of pyridine rings is 1. The van der Waals surface area contributed by atoms with Gasteiger partial charge in [-0.05, 0) is 68.2 Å². The fourth-order valence-electron chi connectivity index (χ4n) is 4.86. The van der Waals surface area contributed by atoms with E-state index in [1.165, 1.54) is 6.20 Å². The Bertz CT molecular complexity index is 1420. The average molecular weight is 597 g/mol. The molecule has 0 bridgehead atoms. The number of ether oxygens (including phenoxy) is 1. The molecule has 0 unspecified atom stereocenters. The summed E-state index contributed by atoms with van der Waals surface area (Å²) in [5.74, 6) is -2.02. The number of anilines is 4. The predicted molar refractivity (Wildman–Crippen MR) is 162 cm³/mol. The number of nitrogen functional groups attached to an aromatic ring is 1. The van der Waals surface area contributed by atoms with Crippen molar-refractivity contribution in [1.29, 1.82) is 5.41 Å². The zero-order chi connectivity index (χ0) is 29.6. The zero-order valence-corrected chi connectivity index (χ0v) is 24.1. The Kier molecular flexibility index (Phi) is 9.40. The molecule has 3 heterocycles. The molecule has 0 radical (unpaired) electrons. The Balaban J connectivity index is 1.32. The van der Waals surface area contributed by atoms with E-state index in [2.05, 4.69) is 37.2 Å². The number of amides is 1. The number of hydrogen-bond acceptors (Lipinski definition) is 10. The lowest BCUT2D eigenvalue weighted by molar-refractivity contribution is 0.0904. The van der Waals surface area contributed by atoms with E-state index in [1.807, 2.05) is 12.1 Å². The summed E-state index contributed by atoms with van der Waals surface area (Å²) in [5.41, 5.74) is 8.64. The van der Waals surface area contributed by atoms with E-state index in [9.17, 15) is 13.6 Å². The van der Waals surface area contributed by atoms with Crippen molar-refractivity contribution < 1.29 is 18.3 Å². The van der Waals surface area contributed by atoms with Crippen LogP contribution in [0.1, 0.15) is 28.8 Å². The van der Waals surface area contributed by atoms with Gasteiger partial charge in [0, 0.05) is 74.0 Å². The van der Waals surface area contributed by atoms with Crippen molar-refractivity contribution >= 4 is 46.6 Å². The molecule has 0 atom stereocenters. The van der Waals surface area contributed by atoms with Crippen LogP contribution in [0, 0.1) is 17.0 Å². The number of carbonyl (C=O) groups is 1. The number of likely N-dealkylation sites (N-methyl/N-ethyl adjacent to an activating group) is 1. The number of benzene rings is 2. The number of piperazine rings is 1. The van der Waals surface area contributed by atoms with E-state index in [4.69, 9.17) is 15.9 Å². The maximum absolute atomic E-state index is 13.5. The van der Waals surface area contributed by atoms with Crippen LogP contribution >= 0.6 is 11.9 Å². The average Bonchev–Trinajstić information content (AvgIpc) is 2.97. The topological polar surface area (TPSA) is 132 Å². The van der Waals surface area contributed by atoms with Gasteiger partial charge in [-0.15, -0.1) is 0 Å². The highest BCUT2D eigenvalue weighted by atomic mass is 32.2. The highest BCUT2D eigenvalue weighted by Crippen LogP contribution is 2.28. The third kappa shape index (κ3) is 7.46. The van der Waals surface area contributed by atoms with Gasteiger partial charge in [-0.1, -0.05) is 0 Å². The standard InChI is InChI=1S/C29H34F2N8O2S/c1-38-6-8-39(9-7-38)22-2-3-24(26(15-22)35-20-4-10-41-11-5-20)29(40)36-28(33)25-16-23(17-34-27(25)32)42-37-21-13-18(30)12-19(31)14-21/h2-3,12-17,20,35,37H,4-11H2,1H3,(H2,32,34)(H2,33,36,40). The largest absolute Gasteiger partial charge is 0.383 e. The molecule has 42 heavy (non-hydrogen) atoms. The highest BCUT2D eigenvalue weighted by Gasteiger charge is 2.22. The van der Waals surface area contributed by atoms with Crippen LogP contribution < -0.4 is 26.0 Å². The first-order valence-corrected chi connectivity index (χ1v) is 14.5. The van der Waals surface area contributed by atoms with E-state index in [0.717, 1.165) is 74.9 Å². The van der Waals surface area contributed by atoms with Crippen molar-refractivity contribution in [1.82, 2.24) is 15.2 Å². The molecule has 1 aromatic heterocycles. The molecule has 3 aromatic rings. The number of nitrogens with two attached hydrogens (primary N) is 1. The van der Waals surface area contributed by atoms with Crippen LogP contribution in [-0.2, 0) is 4.74 Å². The molecule has 6 N–H and O–H groups in total. The monoisotopic (exact) mass is 596 g/mol. The van der Waals surface area contributed by atoms with Gasteiger partial charge in [0.25, 0.3) is 5.91 Å². The number of nitrogens with zero attached hydrogens (tertiary/aromatic N) is 3. The fraction of sp³-hybridized carbons (Fsp3) is 0.345. The molecule has 2 saturated heterocycles. The summed E-state index contributed by atoms with van der Waals surface area (Å²) in [5, 5.41) is 14.8. The molecule has 5 rings (SSSR count). The Morgan fingerprint density at radius 1 is 1.05 bits per heavy atom. The van der Waals surface area contributed by atoms with E-state index in [-0.39, 0.29) is 28.9 Å². The maximum Gasteiger partial charge on any atom is 0.258 e. The molecule has 2 aliphatic heterocycles. The van der Waals surface area contributed by atoms with Crippen LogP contribution in [0.5, 0.6) is 0 Å². The van der Waals surface area contributed by atoms with Gasteiger partial charge >= 0.3 is 0 Å². The van der Waals surface area contributed by atoms with Crippen molar-refractivity contribution in [3.05, 3.63) is 71.4 Å². The van der Waals surface area contributed by atoms with Crippen molar-refractivity contribution in [3.8, 4) is 0 Å². The Morgan fingerprint density at radius 2 is 1.76 bits per heavy atom. The zero-order valence-electron chi connectivity index (χ0n) is 23.3. The first-order chi connectivity index (χ1) is 20.2. The molecule has 0 saturated carbocycles. The van der Waals surface area contributed by atoms with Crippen LogP contribution in [0.15, 0.2) is 53.6 Å². The molecule has 1 amide bonds. The van der Waals surface area contributed by atoms with Crippen LogP contribution in [0.3, 0.4) is 0 Å². The van der Waals surface area contributed by atoms with Crippen molar-refractivity contribution in [3.63, 3.8) is 0 Å².